The number of amidine groups is 1. The Morgan fingerprint density at radius 3 is 2.70 bits per heavy atom. The predicted molar refractivity (Wildman–Crippen MR) is 45.1 cm³/mol. The average Bonchev–Trinajstić information content (AvgIpc) is 1.97. The van der Waals surface area contributed by atoms with Crippen molar-refractivity contribution in [3.63, 3.8) is 0 Å². The van der Waals surface area contributed by atoms with Crippen LogP contribution >= 0.6 is 0 Å². The number of hydrogen-bond donors (Lipinski definition) is 1. The first kappa shape index (κ1) is 8.81. The standard InChI is InChI=1S/C6H12N4/c1-6(9-4-7-2)10-5-8-3/h4-5H,1-3H3,(H,7,8,9,10). The molecule has 0 aliphatic heterocycles. The Morgan fingerprint density at radius 2 is 2.20 bits per heavy atom. The maximum atomic E-state index is 3.90. The zero-order chi connectivity index (χ0) is 7.82. The van der Waals surface area contributed by atoms with Crippen LogP contribution in [0.5, 0.6) is 0 Å². The van der Waals surface area contributed by atoms with Gasteiger partial charge in [-0.05, 0) is 6.92 Å². The van der Waals surface area contributed by atoms with Crippen molar-refractivity contribution in [1.29, 1.82) is 0 Å². The van der Waals surface area contributed by atoms with Crippen molar-refractivity contribution >= 4 is 18.5 Å². The molecule has 0 atom stereocenters. The van der Waals surface area contributed by atoms with E-state index in [2.05, 4.69) is 20.3 Å². The molecule has 0 rings (SSSR count). The van der Waals surface area contributed by atoms with E-state index in [1.807, 2.05) is 0 Å². The molecule has 56 valence electrons. The summed E-state index contributed by atoms with van der Waals surface area (Å²) in [6.45, 7) is 1.80. The Balaban J connectivity index is 3.81. The van der Waals surface area contributed by atoms with Crippen molar-refractivity contribution in [3.8, 4) is 0 Å². The molecule has 0 bridgehead atoms. The fourth-order valence-corrected chi connectivity index (χ4v) is 0.333. The lowest BCUT2D eigenvalue weighted by Gasteiger charge is -1.86. The molecule has 0 saturated heterocycles. The van der Waals surface area contributed by atoms with Crippen LogP contribution in [0.25, 0.3) is 0 Å². The molecule has 0 radical (unpaired) electrons. The minimum Gasteiger partial charge on any atom is -0.379 e. The molecular weight excluding hydrogens is 128 g/mol. The van der Waals surface area contributed by atoms with Gasteiger partial charge in [0.2, 0.25) is 0 Å². The SMILES string of the molecule is C\N=C/N=C(C)/N=C\NC. The topological polar surface area (TPSA) is 49.1 Å². The summed E-state index contributed by atoms with van der Waals surface area (Å²) in [5.74, 6) is 0.681. The van der Waals surface area contributed by atoms with Crippen LogP contribution < -0.4 is 5.32 Å². The zero-order valence-corrected chi connectivity index (χ0v) is 6.50. The minimum atomic E-state index is 0.681. The summed E-state index contributed by atoms with van der Waals surface area (Å²) in [5, 5.41) is 2.76. The van der Waals surface area contributed by atoms with Gasteiger partial charge < -0.3 is 5.32 Å². The van der Waals surface area contributed by atoms with Gasteiger partial charge in [0.15, 0.2) is 0 Å². The number of hydrogen-bond acceptors (Lipinski definition) is 1. The van der Waals surface area contributed by atoms with Gasteiger partial charge in [-0.2, -0.15) is 0 Å². The predicted octanol–water partition coefficient (Wildman–Crippen LogP) is 0.311. The van der Waals surface area contributed by atoms with Gasteiger partial charge in [-0.3, -0.25) is 4.99 Å². The smallest absolute Gasteiger partial charge is 0.128 e. The van der Waals surface area contributed by atoms with Crippen molar-refractivity contribution < 1.29 is 0 Å². The van der Waals surface area contributed by atoms with Crippen LogP contribution in [0.2, 0.25) is 0 Å². The summed E-state index contributed by atoms with van der Waals surface area (Å²) in [7, 11) is 3.45. The fraction of sp³-hybridized carbons (Fsp3) is 0.500. The van der Waals surface area contributed by atoms with Crippen molar-refractivity contribution in [2.24, 2.45) is 15.0 Å². The molecule has 0 aliphatic carbocycles. The lowest BCUT2D eigenvalue weighted by molar-refractivity contribution is 1.21. The molecular formula is C6H12N4. The van der Waals surface area contributed by atoms with E-state index >= 15 is 0 Å². The van der Waals surface area contributed by atoms with E-state index in [0.29, 0.717) is 5.84 Å². The van der Waals surface area contributed by atoms with Gasteiger partial charge in [0, 0.05) is 14.1 Å². The van der Waals surface area contributed by atoms with Gasteiger partial charge in [-0.1, -0.05) is 0 Å². The highest BCUT2D eigenvalue weighted by Gasteiger charge is 1.77. The maximum absolute atomic E-state index is 3.90. The lowest BCUT2D eigenvalue weighted by Crippen LogP contribution is -2.02. The van der Waals surface area contributed by atoms with Crippen molar-refractivity contribution in [1.82, 2.24) is 5.32 Å². The molecule has 0 spiro atoms. The zero-order valence-electron chi connectivity index (χ0n) is 6.50. The molecule has 0 fully saturated rings. The second-order valence-corrected chi connectivity index (χ2v) is 1.60. The Kier molecular flexibility index (Phi) is 5.23. The van der Waals surface area contributed by atoms with Crippen LogP contribution in [0, 0.1) is 0 Å². The normalized spacial score (nSPS) is 13.3. The summed E-state index contributed by atoms with van der Waals surface area (Å²) in [5.41, 5.74) is 0. The van der Waals surface area contributed by atoms with Crippen LogP contribution in [0.15, 0.2) is 15.0 Å². The maximum Gasteiger partial charge on any atom is 0.128 e. The van der Waals surface area contributed by atoms with Gasteiger partial charge >= 0.3 is 0 Å². The fourth-order valence-electron chi connectivity index (χ4n) is 0.333. The molecule has 0 aliphatic rings. The third-order valence-electron chi connectivity index (χ3n) is 0.741. The molecule has 0 heterocycles. The number of nitrogens with zero attached hydrogens (tertiary/aromatic N) is 3. The first-order valence-electron chi connectivity index (χ1n) is 2.96. The molecule has 0 amide bonds. The lowest BCUT2D eigenvalue weighted by atomic mass is 10.7. The Hall–Kier alpha value is -1.19. The van der Waals surface area contributed by atoms with Crippen molar-refractivity contribution in [2.75, 3.05) is 14.1 Å². The monoisotopic (exact) mass is 140 g/mol. The first-order valence-corrected chi connectivity index (χ1v) is 2.96. The molecule has 0 saturated carbocycles. The molecule has 0 unspecified atom stereocenters. The largest absolute Gasteiger partial charge is 0.379 e. The summed E-state index contributed by atoms with van der Waals surface area (Å²) >= 11 is 0. The Labute approximate surface area is 60.8 Å². The number of nitrogens with one attached hydrogen (secondary N) is 1. The summed E-state index contributed by atoms with van der Waals surface area (Å²) < 4.78 is 0. The van der Waals surface area contributed by atoms with Crippen LogP contribution in [-0.4, -0.2) is 32.6 Å². The van der Waals surface area contributed by atoms with Crippen LogP contribution in [-0.2, 0) is 0 Å². The summed E-state index contributed by atoms with van der Waals surface area (Å²) in [6.07, 6.45) is 3.03. The van der Waals surface area contributed by atoms with E-state index < -0.39 is 0 Å². The quantitative estimate of drug-likeness (QED) is 0.435. The molecule has 4 nitrogen and oxygen atoms in total. The molecule has 10 heavy (non-hydrogen) atoms. The molecule has 0 aromatic rings. The Bertz CT molecular complexity index is 157. The highest BCUT2D eigenvalue weighted by Crippen LogP contribution is 1.74. The third kappa shape index (κ3) is 4.96. The summed E-state index contributed by atoms with van der Waals surface area (Å²) in [6, 6.07) is 0. The van der Waals surface area contributed by atoms with Gasteiger partial charge in [-0.25, -0.2) is 9.98 Å². The van der Waals surface area contributed by atoms with Gasteiger partial charge in [0.05, 0.1) is 6.34 Å². The van der Waals surface area contributed by atoms with E-state index in [-0.39, 0.29) is 0 Å². The summed E-state index contributed by atoms with van der Waals surface area (Å²) in [4.78, 5) is 11.4. The number of aliphatic imine (C=N–C) groups is 3. The molecule has 1 N–H and O–H groups in total. The van der Waals surface area contributed by atoms with Gasteiger partial charge in [0.1, 0.15) is 12.2 Å². The number of rotatable bonds is 2. The van der Waals surface area contributed by atoms with Gasteiger partial charge in [-0.15, -0.1) is 0 Å². The van der Waals surface area contributed by atoms with Crippen molar-refractivity contribution in [3.05, 3.63) is 0 Å². The highest BCUT2D eigenvalue weighted by atomic mass is 15.0. The Morgan fingerprint density at radius 1 is 1.50 bits per heavy atom. The van der Waals surface area contributed by atoms with Gasteiger partial charge in [0.25, 0.3) is 0 Å². The van der Waals surface area contributed by atoms with E-state index in [1.165, 1.54) is 6.34 Å². The van der Waals surface area contributed by atoms with E-state index in [1.54, 1.807) is 27.4 Å². The third-order valence-corrected chi connectivity index (χ3v) is 0.741. The van der Waals surface area contributed by atoms with Crippen molar-refractivity contribution in [2.45, 2.75) is 6.92 Å². The van der Waals surface area contributed by atoms with E-state index in [0.717, 1.165) is 0 Å². The molecule has 4 heteroatoms. The van der Waals surface area contributed by atoms with Crippen LogP contribution in [0.3, 0.4) is 0 Å². The van der Waals surface area contributed by atoms with E-state index in [9.17, 15) is 0 Å². The highest BCUT2D eigenvalue weighted by molar-refractivity contribution is 5.91. The molecule has 0 aromatic carbocycles. The van der Waals surface area contributed by atoms with E-state index in [4.69, 9.17) is 0 Å². The van der Waals surface area contributed by atoms with Crippen LogP contribution in [0.4, 0.5) is 0 Å². The molecule has 0 aromatic heterocycles. The second-order valence-electron chi connectivity index (χ2n) is 1.60. The minimum absolute atomic E-state index is 0.681. The van der Waals surface area contributed by atoms with Crippen LogP contribution in [0.1, 0.15) is 6.92 Å². The second kappa shape index (κ2) is 5.94. The average molecular weight is 140 g/mol. The first-order chi connectivity index (χ1) is 4.81.